The Bertz CT molecular complexity index is 533. The molecule has 2 heterocycles. The molecule has 0 radical (unpaired) electrons. The quantitative estimate of drug-likeness (QED) is 0.818. The zero-order valence-electron chi connectivity index (χ0n) is 9.78. The minimum Gasteiger partial charge on any atom is -0.337 e. The van der Waals surface area contributed by atoms with Crippen LogP contribution in [-0.2, 0) is 6.42 Å². The number of nitrogens with zero attached hydrogens (tertiary/aromatic N) is 1. The molecule has 0 fully saturated rings. The van der Waals surface area contributed by atoms with Crippen LogP contribution in [0.3, 0.4) is 0 Å². The van der Waals surface area contributed by atoms with Gasteiger partial charge in [0, 0.05) is 34.1 Å². The normalized spacial score (nSPS) is 12.9. The molecular formula is C12H16N2S2. The van der Waals surface area contributed by atoms with E-state index in [4.69, 9.17) is 12.2 Å². The third kappa shape index (κ3) is 2.28. The number of hydrogen-bond acceptors (Lipinski definition) is 2. The summed E-state index contributed by atoms with van der Waals surface area (Å²) in [6.07, 6.45) is 3.02. The summed E-state index contributed by atoms with van der Waals surface area (Å²) in [5.74, 6) is 0. The Morgan fingerprint density at radius 1 is 1.44 bits per heavy atom. The van der Waals surface area contributed by atoms with E-state index >= 15 is 0 Å². The second-order valence-corrected chi connectivity index (χ2v) is 5.93. The van der Waals surface area contributed by atoms with E-state index in [0.29, 0.717) is 6.04 Å². The number of imidazole rings is 1. The Balaban J connectivity index is 2.20. The molecule has 16 heavy (non-hydrogen) atoms. The third-order valence-electron chi connectivity index (χ3n) is 2.74. The van der Waals surface area contributed by atoms with E-state index in [1.807, 2.05) is 17.5 Å². The van der Waals surface area contributed by atoms with Gasteiger partial charge in [0.15, 0.2) is 4.77 Å². The maximum Gasteiger partial charge on any atom is 0.177 e. The lowest BCUT2D eigenvalue weighted by molar-refractivity contribution is 0.531. The Morgan fingerprint density at radius 2 is 2.19 bits per heavy atom. The molecule has 1 unspecified atom stereocenters. The lowest BCUT2D eigenvalue weighted by atomic mass is 10.2. The summed E-state index contributed by atoms with van der Waals surface area (Å²) in [6.45, 7) is 6.44. The van der Waals surface area contributed by atoms with E-state index in [-0.39, 0.29) is 0 Å². The first-order chi connectivity index (χ1) is 7.58. The molecule has 4 heteroatoms. The van der Waals surface area contributed by atoms with Crippen molar-refractivity contribution in [3.05, 3.63) is 38.5 Å². The number of nitrogens with one attached hydrogen (secondary N) is 1. The molecule has 2 rings (SSSR count). The predicted octanol–water partition coefficient (Wildman–Crippen LogP) is 4.03. The van der Waals surface area contributed by atoms with Crippen LogP contribution in [0.15, 0.2) is 18.3 Å². The molecule has 0 saturated heterocycles. The average Bonchev–Trinajstić information content (AvgIpc) is 2.74. The second-order valence-electron chi connectivity index (χ2n) is 4.17. The molecule has 0 aliphatic rings. The van der Waals surface area contributed by atoms with Crippen LogP contribution in [0.1, 0.15) is 28.4 Å². The van der Waals surface area contributed by atoms with Crippen molar-refractivity contribution >= 4 is 23.6 Å². The lowest BCUT2D eigenvalue weighted by Gasteiger charge is -2.14. The Kier molecular flexibility index (Phi) is 3.30. The average molecular weight is 252 g/mol. The van der Waals surface area contributed by atoms with Crippen molar-refractivity contribution in [1.82, 2.24) is 9.55 Å². The van der Waals surface area contributed by atoms with Gasteiger partial charge in [-0.15, -0.1) is 11.3 Å². The zero-order valence-corrected chi connectivity index (χ0v) is 11.4. The van der Waals surface area contributed by atoms with Gasteiger partial charge in [-0.2, -0.15) is 0 Å². The van der Waals surface area contributed by atoms with Crippen molar-refractivity contribution < 1.29 is 0 Å². The highest BCUT2D eigenvalue weighted by atomic mass is 32.1. The van der Waals surface area contributed by atoms with Crippen LogP contribution in [0.25, 0.3) is 0 Å². The van der Waals surface area contributed by atoms with E-state index in [1.54, 1.807) is 0 Å². The van der Waals surface area contributed by atoms with Gasteiger partial charge in [-0.25, -0.2) is 0 Å². The Hall–Kier alpha value is -0.870. The maximum atomic E-state index is 5.28. The highest BCUT2D eigenvalue weighted by molar-refractivity contribution is 7.71. The standard InChI is InChI=1S/C12H16N2S2/c1-8(6-11-5-4-10(3)16-11)14-9(2)7-13-12(14)15/h4-5,7-8H,6H2,1-3H3,(H,13,15). The molecule has 0 aliphatic carbocycles. The summed E-state index contributed by atoms with van der Waals surface area (Å²) >= 11 is 7.15. The van der Waals surface area contributed by atoms with Gasteiger partial charge >= 0.3 is 0 Å². The van der Waals surface area contributed by atoms with Gasteiger partial charge in [0.05, 0.1) is 0 Å². The predicted molar refractivity (Wildman–Crippen MR) is 71.8 cm³/mol. The molecule has 86 valence electrons. The molecule has 0 saturated carbocycles. The number of aromatic amines is 1. The molecule has 0 aromatic carbocycles. The van der Waals surface area contributed by atoms with Gasteiger partial charge in [-0.1, -0.05) is 0 Å². The van der Waals surface area contributed by atoms with Gasteiger partial charge in [0.1, 0.15) is 0 Å². The van der Waals surface area contributed by atoms with Gasteiger partial charge in [0.2, 0.25) is 0 Å². The topological polar surface area (TPSA) is 20.7 Å². The van der Waals surface area contributed by atoms with Crippen molar-refractivity contribution in [3.63, 3.8) is 0 Å². The summed E-state index contributed by atoms with van der Waals surface area (Å²) in [7, 11) is 0. The van der Waals surface area contributed by atoms with E-state index in [2.05, 4.69) is 42.5 Å². The minimum absolute atomic E-state index is 0.414. The van der Waals surface area contributed by atoms with Crippen LogP contribution >= 0.6 is 23.6 Å². The Morgan fingerprint density at radius 3 is 2.69 bits per heavy atom. The molecule has 2 nitrogen and oxygen atoms in total. The number of rotatable bonds is 3. The summed E-state index contributed by atoms with van der Waals surface area (Å²) < 4.78 is 3.00. The SMILES string of the molecule is Cc1ccc(CC(C)n2c(C)c[nH]c2=S)s1. The van der Waals surface area contributed by atoms with Crippen LogP contribution in [0, 0.1) is 18.6 Å². The van der Waals surface area contributed by atoms with E-state index < -0.39 is 0 Å². The minimum atomic E-state index is 0.414. The first kappa shape index (κ1) is 11.6. The zero-order chi connectivity index (χ0) is 11.7. The largest absolute Gasteiger partial charge is 0.337 e. The van der Waals surface area contributed by atoms with E-state index in [9.17, 15) is 0 Å². The number of hydrogen-bond donors (Lipinski definition) is 1. The first-order valence-corrected chi connectivity index (χ1v) is 6.62. The number of H-pyrrole nitrogens is 1. The lowest BCUT2D eigenvalue weighted by Crippen LogP contribution is -2.09. The highest BCUT2D eigenvalue weighted by Gasteiger charge is 2.10. The molecular weight excluding hydrogens is 236 g/mol. The van der Waals surface area contributed by atoms with Crippen LogP contribution in [0.5, 0.6) is 0 Å². The first-order valence-electron chi connectivity index (χ1n) is 5.39. The fourth-order valence-corrected chi connectivity index (χ4v) is 3.38. The van der Waals surface area contributed by atoms with Gasteiger partial charge in [-0.3, -0.25) is 0 Å². The Labute approximate surface area is 105 Å². The maximum absolute atomic E-state index is 5.28. The second kappa shape index (κ2) is 4.55. The monoisotopic (exact) mass is 252 g/mol. The van der Waals surface area contributed by atoms with Gasteiger partial charge in [-0.05, 0) is 45.1 Å². The fraction of sp³-hybridized carbons (Fsp3) is 0.417. The molecule has 2 aromatic heterocycles. The summed E-state index contributed by atoms with van der Waals surface area (Å²) in [5.41, 5.74) is 1.20. The fourth-order valence-electron chi connectivity index (χ4n) is 1.99. The van der Waals surface area contributed by atoms with Crippen molar-refractivity contribution in [2.45, 2.75) is 33.2 Å². The summed E-state index contributed by atoms with van der Waals surface area (Å²) in [4.78, 5) is 5.89. The van der Waals surface area contributed by atoms with Crippen molar-refractivity contribution in [3.8, 4) is 0 Å². The van der Waals surface area contributed by atoms with E-state index in [0.717, 1.165) is 11.2 Å². The molecule has 1 N–H and O–H groups in total. The number of aryl methyl sites for hydroxylation is 2. The molecule has 2 aromatic rings. The number of aromatic nitrogens is 2. The molecule has 1 atom stereocenters. The summed E-state index contributed by atoms with van der Waals surface area (Å²) in [6, 6.07) is 4.80. The van der Waals surface area contributed by atoms with Crippen molar-refractivity contribution in [2.75, 3.05) is 0 Å². The smallest absolute Gasteiger partial charge is 0.177 e. The van der Waals surface area contributed by atoms with Gasteiger partial charge in [0.25, 0.3) is 0 Å². The third-order valence-corrected chi connectivity index (χ3v) is 4.07. The van der Waals surface area contributed by atoms with Crippen LogP contribution < -0.4 is 0 Å². The van der Waals surface area contributed by atoms with Gasteiger partial charge < -0.3 is 9.55 Å². The summed E-state index contributed by atoms with van der Waals surface area (Å²) in [5, 5.41) is 0. The molecule has 0 spiro atoms. The van der Waals surface area contributed by atoms with Crippen molar-refractivity contribution in [2.24, 2.45) is 0 Å². The van der Waals surface area contributed by atoms with Crippen LogP contribution in [0.4, 0.5) is 0 Å². The van der Waals surface area contributed by atoms with Crippen LogP contribution in [0.2, 0.25) is 0 Å². The number of thiophene rings is 1. The van der Waals surface area contributed by atoms with Crippen LogP contribution in [-0.4, -0.2) is 9.55 Å². The molecule has 0 aliphatic heterocycles. The molecule has 0 amide bonds. The molecule has 0 bridgehead atoms. The highest BCUT2D eigenvalue weighted by Crippen LogP contribution is 2.22. The van der Waals surface area contributed by atoms with E-state index in [1.165, 1.54) is 15.4 Å². The van der Waals surface area contributed by atoms with Crippen molar-refractivity contribution in [1.29, 1.82) is 0 Å².